The number of ether oxygens (including phenoxy) is 1. The molecule has 27 heavy (non-hydrogen) atoms. The molecule has 0 aliphatic carbocycles. The fourth-order valence-electron chi connectivity index (χ4n) is 2.23. The van der Waals surface area contributed by atoms with Crippen molar-refractivity contribution in [2.75, 3.05) is 29.0 Å². The second kappa shape index (κ2) is 9.12. The van der Waals surface area contributed by atoms with Gasteiger partial charge < -0.3 is 10.1 Å². The number of amides is 1. The molecule has 0 aliphatic rings. The molecule has 0 spiro atoms. The Kier molecular flexibility index (Phi) is 7.12. The summed E-state index contributed by atoms with van der Waals surface area (Å²) < 4.78 is 30.6. The Morgan fingerprint density at radius 3 is 2.48 bits per heavy atom. The second-order valence-corrected chi connectivity index (χ2v) is 8.35. The van der Waals surface area contributed by atoms with Crippen molar-refractivity contribution in [2.24, 2.45) is 0 Å². The van der Waals surface area contributed by atoms with Crippen LogP contribution < -0.4 is 14.4 Å². The summed E-state index contributed by atoms with van der Waals surface area (Å²) in [6, 6.07) is 11.1. The summed E-state index contributed by atoms with van der Waals surface area (Å²) >= 11 is 11.9. The van der Waals surface area contributed by atoms with E-state index in [9.17, 15) is 13.2 Å². The number of anilines is 2. The molecule has 0 radical (unpaired) electrons. The van der Waals surface area contributed by atoms with E-state index in [0.29, 0.717) is 18.0 Å². The maximum Gasteiger partial charge on any atom is 0.245 e. The number of sulfonamides is 1. The van der Waals surface area contributed by atoms with Gasteiger partial charge in [-0.05, 0) is 30.3 Å². The number of halogens is 2. The number of nitrogens with one attached hydrogen (secondary N) is 1. The van der Waals surface area contributed by atoms with E-state index in [1.807, 2.05) is 0 Å². The fraction of sp³-hybridized carbons (Fsp3) is 0.167. The Balaban J connectivity index is 2.18. The Hall–Kier alpha value is -2.22. The number of carbonyl (C=O) groups is 1. The van der Waals surface area contributed by atoms with Crippen LogP contribution in [0.5, 0.6) is 5.75 Å². The first-order chi connectivity index (χ1) is 12.7. The third-order valence-corrected chi connectivity index (χ3v) is 4.89. The Labute approximate surface area is 168 Å². The van der Waals surface area contributed by atoms with Crippen LogP contribution in [0.4, 0.5) is 11.4 Å². The zero-order valence-corrected chi connectivity index (χ0v) is 16.8. The lowest BCUT2D eigenvalue weighted by Gasteiger charge is -2.22. The van der Waals surface area contributed by atoms with E-state index in [2.05, 4.69) is 11.9 Å². The van der Waals surface area contributed by atoms with Gasteiger partial charge in [0.2, 0.25) is 15.9 Å². The average molecular weight is 429 g/mol. The summed E-state index contributed by atoms with van der Waals surface area (Å²) in [5, 5.41) is 3.17. The quantitative estimate of drug-likeness (QED) is 0.645. The van der Waals surface area contributed by atoms with Gasteiger partial charge in [0.1, 0.15) is 18.9 Å². The molecule has 144 valence electrons. The Morgan fingerprint density at radius 2 is 1.89 bits per heavy atom. The normalized spacial score (nSPS) is 10.9. The summed E-state index contributed by atoms with van der Waals surface area (Å²) in [7, 11) is -3.74. The number of carbonyl (C=O) groups excluding carboxylic acids is 1. The van der Waals surface area contributed by atoms with Crippen LogP contribution in [0.1, 0.15) is 0 Å². The van der Waals surface area contributed by atoms with Crippen molar-refractivity contribution < 1.29 is 17.9 Å². The molecule has 0 aliphatic heterocycles. The first-order valence-electron chi connectivity index (χ1n) is 7.76. The first-order valence-corrected chi connectivity index (χ1v) is 10.4. The van der Waals surface area contributed by atoms with Crippen LogP contribution in [0.3, 0.4) is 0 Å². The van der Waals surface area contributed by atoms with Gasteiger partial charge in [-0.2, -0.15) is 0 Å². The molecule has 1 N–H and O–H groups in total. The molecule has 0 bridgehead atoms. The highest BCUT2D eigenvalue weighted by Gasteiger charge is 2.22. The molecular weight excluding hydrogens is 411 g/mol. The minimum atomic E-state index is -3.74. The van der Waals surface area contributed by atoms with E-state index < -0.39 is 22.5 Å². The van der Waals surface area contributed by atoms with Crippen molar-refractivity contribution >= 4 is 50.5 Å². The zero-order chi connectivity index (χ0) is 20.0. The predicted octanol–water partition coefficient (Wildman–Crippen LogP) is 3.96. The molecule has 0 saturated carbocycles. The molecule has 0 fully saturated rings. The number of hydrogen-bond donors (Lipinski definition) is 1. The molecular formula is C18H18Cl2N2O4S. The largest absolute Gasteiger partial charge is 0.489 e. The van der Waals surface area contributed by atoms with Gasteiger partial charge in [0, 0.05) is 21.8 Å². The van der Waals surface area contributed by atoms with E-state index in [0.717, 1.165) is 10.6 Å². The van der Waals surface area contributed by atoms with Crippen LogP contribution in [0.15, 0.2) is 55.1 Å². The number of benzene rings is 2. The van der Waals surface area contributed by atoms with Crippen LogP contribution >= 0.6 is 23.2 Å². The van der Waals surface area contributed by atoms with Crippen molar-refractivity contribution in [1.82, 2.24) is 0 Å². The maximum absolute atomic E-state index is 12.4. The lowest BCUT2D eigenvalue weighted by atomic mass is 10.3. The molecule has 0 atom stereocenters. The summed E-state index contributed by atoms with van der Waals surface area (Å²) in [5.74, 6) is 0.0201. The van der Waals surface area contributed by atoms with Gasteiger partial charge in [-0.1, -0.05) is 41.9 Å². The van der Waals surface area contributed by atoms with E-state index >= 15 is 0 Å². The Bertz CT molecular complexity index is 928. The monoisotopic (exact) mass is 428 g/mol. The van der Waals surface area contributed by atoms with Crippen molar-refractivity contribution in [2.45, 2.75) is 0 Å². The third-order valence-electron chi connectivity index (χ3n) is 3.31. The van der Waals surface area contributed by atoms with Gasteiger partial charge in [0.05, 0.1) is 11.9 Å². The minimum Gasteiger partial charge on any atom is -0.489 e. The van der Waals surface area contributed by atoms with Crippen molar-refractivity contribution in [3.8, 4) is 5.75 Å². The zero-order valence-electron chi connectivity index (χ0n) is 14.5. The third kappa shape index (κ3) is 6.46. The molecule has 0 heterocycles. The van der Waals surface area contributed by atoms with Gasteiger partial charge in [-0.25, -0.2) is 8.42 Å². The predicted molar refractivity (Wildman–Crippen MR) is 109 cm³/mol. The van der Waals surface area contributed by atoms with E-state index in [1.54, 1.807) is 30.3 Å². The van der Waals surface area contributed by atoms with Crippen molar-refractivity contribution in [1.29, 1.82) is 0 Å². The fourth-order valence-corrected chi connectivity index (χ4v) is 3.59. The van der Waals surface area contributed by atoms with Crippen molar-refractivity contribution in [3.63, 3.8) is 0 Å². The summed E-state index contributed by atoms with van der Waals surface area (Å²) in [4.78, 5) is 12.4. The van der Waals surface area contributed by atoms with Gasteiger partial charge in [-0.3, -0.25) is 9.10 Å². The summed E-state index contributed by atoms with van der Waals surface area (Å²) in [6.45, 7) is 3.46. The molecule has 0 unspecified atom stereocenters. The van der Waals surface area contributed by atoms with E-state index in [4.69, 9.17) is 27.9 Å². The second-order valence-electron chi connectivity index (χ2n) is 5.57. The standard InChI is InChI=1S/C18H18Cl2N2O4S/c1-3-7-26-17-6-4-5-15(11-17)21-18(23)12-22(27(2,24)25)16-9-13(19)8-14(20)10-16/h3-6,8-11H,1,7,12H2,2H3,(H,21,23). The summed E-state index contributed by atoms with van der Waals surface area (Å²) in [6.07, 6.45) is 2.60. The van der Waals surface area contributed by atoms with E-state index in [-0.39, 0.29) is 15.7 Å². The van der Waals surface area contributed by atoms with Gasteiger partial charge in [-0.15, -0.1) is 0 Å². The lowest BCUT2D eigenvalue weighted by Crippen LogP contribution is -2.37. The van der Waals surface area contributed by atoms with Crippen LogP contribution in [-0.2, 0) is 14.8 Å². The van der Waals surface area contributed by atoms with Gasteiger partial charge in [0.25, 0.3) is 0 Å². The molecule has 0 aromatic heterocycles. The van der Waals surface area contributed by atoms with Crippen LogP contribution in [-0.4, -0.2) is 33.7 Å². The topological polar surface area (TPSA) is 75.7 Å². The van der Waals surface area contributed by atoms with Gasteiger partial charge in [0.15, 0.2) is 0 Å². The molecule has 2 aromatic carbocycles. The molecule has 2 rings (SSSR count). The minimum absolute atomic E-state index is 0.202. The van der Waals surface area contributed by atoms with Crippen LogP contribution in [0.25, 0.3) is 0 Å². The van der Waals surface area contributed by atoms with Crippen molar-refractivity contribution in [3.05, 3.63) is 65.2 Å². The van der Waals surface area contributed by atoms with Crippen LogP contribution in [0.2, 0.25) is 10.0 Å². The lowest BCUT2D eigenvalue weighted by molar-refractivity contribution is -0.114. The number of hydrogen-bond acceptors (Lipinski definition) is 4. The molecule has 0 saturated heterocycles. The SMILES string of the molecule is C=CCOc1cccc(NC(=O)CN(c2cc(Cl)cc(Cl)c2)S(C)(=O)=O)c1. The molecule has 2 aromatic rings. The average Bonchev–Trinajstić information content (AvgIpc) is 2.56. The summed E-state index contributed by atoms with van der Waals surface area (Å²) in [5.41, 5.74) is 0.673. The molecule has 1 amide bonds. The van der Waals surface area contributed by atoms with Crippen LogP contribution in [0, 0.1) is 0 Å². The van der Waals surface area contributed by atoms with E-state index in [1.165, 1.54) is 18.2 Å². The highest BCUT2D eigenvalue weighted by Crippen LogP contribution is 2.27. The Morgan fingerprint density at radius 1 is 1.22 bits per heavy atom. The maximum atomic E-state index is 12.4. The first kappa shape index (κ1) is 21.1. The highest BCUT2D eigenvalue weighted by molar-refractivity contribution is 7.92. The highest BCUT2D eigenvalue weighted by atomic mass is 35.5. The molecule has 6 nitrogen and oxygen atoms in total. The molecule has 9 heteroatoms. The van der Waals surface area contributed by atoms with Gasteiger partial charge >= 0.3 is 0 Å². The number of nitrogens with zero attached hydrogens (tertiary/aromatic N) is 1. The smallest absolute Gasteiger partial charge is 0.245 e. The number of rotatable bonds is 8.